The number of hydrogen-bond acceptors (Lipinski definition) is 7. The van der Waals surface area contributed by atoms with E-state index in [4.69, 9.17) is 14.6 Å². The molecule has 1 aromatic carbocycles. The van der Waals surface area contributed by atoms with Gasteiger partial charge in [-0.1, -0.05) is 44.5 Å². The van der Waals surface area contributed by atoms with E-state index in [0.717, 1.165) is 48.4 Å². The van der Waals surface area contributed by atoms with Gasteiger partial charge in [-0.25, -0.2) is 4.68 Å². The number of thioether (sulfide) groups is 1. The molecule has 1 aliphatic rings. The average Bonchev–Trinajstić information content (AvgIpc) is 3.16. The van der Waals surface area contributed by atoms with Crippen molar-refractivity contribution in [3.8, 4) is 11.5 Å². The van der Waals surface area contributed by atoms with Crippen LogP contribution in [0.25, 0.3) is 0 Å². The van der Waals surface area contributed by atoms with E-state index in [-0.39, 0.29) is 11.8 Å². The largest absolute Gasteiger partial charge is 0.490 e. The minimum Gasteiger partial charge on any atom is -0.490 e. The Morgan fingerprint density at radius 2 is 1.94 bits per heavy atom. The number of Topliss-reactive ketones (excluding diaryl/α,β-unsaturated/α-hetero) is 1. The quantitative estimate of drug-likeness (QED) is 0.326. The van der Waals surface area contributed by atoms with E-state index in [2.05, 4.69) is 24.1 Å². The molecule has 1 aromatic heterocycles. The Labute approximate surface area is 195 Å². The van der Waals surface area contributed by atoms with Crippen molar-refractivity contribution in [1.82, 2.24) is 14.8 Å². The highest BCUT2D eigenvalue weighted by Crippen LogP contribution is 2.39. The van der Waals surface area contributed by atoms with Gasteiger partial charge in [-0.2, -0.15) is 4.98 Å². The molecule has 174 valence electrons. The first kappa shape index (κ1) is 24.2. The topological polar surface area (TPSA) is 78.3 Å². The van der Waals surface area contributed by atoms with Crippen LogP contribution in [-0.4, -0.2) is 39.5 Å². The molecule has 0 aliphatic carbocycles. The molecule has 1 aliphatic heterocycles. The van der Waals surface area contributed by atoms with E-state index in [0.29, 0.717) is 35.6 Å². The minimum atomic E-state index is -0.374. The number of aromatic nitrogens is 3. The summed E-state index contributed by atoms with van der Waals surface area (Å²) < 4.78 is 13.7. The average molecular weight is 459 g/mol. The van der Waals surface area contributed by atoms with E-state index >= 15 is 0 Å². The van der Waals surface area contributed by atoms with Gasteiger partial charge in [0.1, 0.15) is 6.04 Å². The molecular formula is C24H34N4O3S. The fourth-order valence-electron chi connectivity index (χ4n) is 3.67. The van der Waals surface area contributed by atoms with Crippen LogP contribution >= 0.6 is 11.8 Å². The third-order valence-electron chi connectivity index (χ3n) is 5.28. The predicted octanol–water partition coefficient (Wildman–Crippen LogP) is 5.63. The highest BCUT2D eigenvalue weighted by atomic mass is 32.2. The lowest BCUT2D eigenvalue weighted by molar-refractivity contribution is -0.114. The fraction of sp³-hybridized carbons (Fsp3) is 0.542. The first-order valence-electron chi connectivity index (χ1n) is 11.5. The maximum absolute atomic E-state index is 12.7. The van der Waals surface area contributed by atoms with Gasteiger partial charge in [0, 0.05) is 17.0 Å². The normalized spacial score (nSPS) is 15.3. The van der Waals surface area contributed by atoms with Gasteiger partial charge in [0.05, 0.1) is 13.2 Å². The Balaban J connectivity index is 2.01. The molecule has 32 heavy (non-hydrogen) atoms. The van der Waals surface area contributed by atoms with Crippen LogP contribution in [0, 0.1) is 0 Å². The third kappa shape index (κ3) is 5.46. The smallest absolute Gasteiger partial charge is 0.227 e. The Hall–Kier alpha value is -2.48. The summed E-state index contributed by atoms with van der Waals surface area (Å²) in [5.74, 6) is 3.02. The van der Waals surface area contributed by atoms with Crippen molar-refractivity contribution in [3.63, 3.8) is 0 Å². The van der Waals surface area contributed by atoms with E-state index in [1.807, 2.05) is 36.7 Å². The van der Waals surface area contributed by atoms with Crippen molar-refractivity contribution >= 4 is 23.5 Å². The molecule has 3 rings (SSSR count). The van der Waals surface area contributed by atoms with Gasteiger partial charge in [-0.05, 0) is 51.3 Å². The highest BCUT2D eigenvalue weighted by molar-refractivity contribution is 7.99. The van der Waals surface area contributed by atoms with Gasteiger partial charge >= 0.3 is 0 Å². The molecule has 0 saturated carbocycles. The first-order valence-corrected chi connectivity index (χ1v) is 12.5. The van der Waals surface area contributed by atoms with Crippen molar-refractivity contribution in [3.05, 3.63) is 35.0 Å². The lowest BCUT2D eigenvalue weighted by Gasteiger charge is -2.28. The maximum atomic E-state index is 12.7. The van der Waals surface area contributed by atoms with Crippen LogP contribution in [0.15, 0.2) is 34.6 Å². The van der Waals surface area contributed by atoms with E-state index < -0.39 is 0 Å². The molecule has 2 aromatic rings. The third-order valence-corrected chi connectivity index (χ3v) is 6.20. The van der Waals surface area contributed by atoms with Crippen molar-refractivity contribution < 1.29 is 14.3 Å². The Bertz CT molecular complexity index is 970. The molecule has 0 fully saturated rings. The van der Waals surface area contributed by atoms with Crippen LogP contribution in [-0.2, 0) is 4.79 Å². The van der Waals surface area contributed by atoms with Gasteiger partial charge in [0.15, 0.2) is 17.3 Å². The lowest BCUT2D eigenvalue weighted by Crippen LogP contribution is -2.27. The number of ether oxygens (including phenoxy) is 2. The van der Waals surface area contributed by atoms with E-state index in [1.165, 1.54) is 0 Å². The molecule has 0 spiro atoms. The summed E-state index contributed by atoms with van der Waals surface area (Å²) in [7, 11) is 0. The fourth-order valence-corrected chi connectivity index (χ4v) is 4.59. The Morgan fingerprint density at radius 1 is 1.16 bits per heavy atom. The van der Waals surface area contributed by atoms with Crippen molar-refractivity contribution in [1.29, 1.82) is 0 Å². The van der Waals surface area contributed by atoms with Gasteiger partial charge in [0.25, 0.3) is 0 Å². The Morgan fingerprint density at radius 3 is 2.62 bits per heavy atom. The zero-order chi connectivity index (χ0) is 23.1. The van der Waals surface area contributed by atoms with Crippen LogP contribution in [0.4, 0.5) is 5.95 Å². The summed E-state index contributed by atoms with van der Waals surface area (Å²) in [6, 6.07) is 5.51. The summed E-state index contributed by atoms with van der Waals surface area (Å²) in [6.07, 6.45) is 4.29. The number of unbranched alkanes of at least 4 members (excludes halogenated alkanes) is 2. The number of fused-ring (bicyclic) bond motifs is 1. The van der Waals surface area contributed by atoms with Crippen LogP contribution in [0.2, 0.25) is 0 Å². The molecule has 0 saturated heterocycles. The molecule has 0 amide bonds. The van der Waals surface area contributed by atoms with Gasteiger partial charge in [-0.3, -0.25) is 4.79 Å². The zero-order valence-electron chi connectivity index (χ0n) is 19.7. The molecule has 0 radical (unpaired) electrons. The molecule has 0 bridgehead atoms. The van der Waals surface area contributed by atoms with E-state index in [1.54, 1.807) is 18.7 Å². The number of allylic oxidation sites excluding steroid dienone is 2. The molecule has 1 atom stereocenters. The summed E-state index contributed by atoms with van der Waals surface area (Å²) in [4.78, 5) is 17.3. The molecule has 1 N–H and O–H groups in total. The molecular weight excluding hydrogens is 424 g/mol. The summed E-state index contributed by atoms with van der Waals surface area (Å²) in [5, 5.41) is 8.74. The first-order chi connectivity index (χ1) is 15.5. The SMILES string of the molecule is CCCCOc1ccc(C2C(C(C)=O)=C(C)Nc3nc(SCCCC)nn32)cc1OCC. The monoisotopic (exact) mass is 458 g/mol. The molecule has 1 unspecified atom stereocenters. The van der Waals surface area contributed by atoms with Crippen LogP contribution in [0.1, 0.15) is 71.9 Å². The second kappa shape index (κ2) is 11.4. The number of benzene rings is 1. The number of nitrogens with zero attached hydrogens (tertiary/aromatic N) is 3. The van der Waals surface area contributed by atoms with Crippen LogP contribution < -0.4 is 14.8 Å². The van der Waals surface area contributed by atoms with Crippen molar-refractivity contribution in [2.75, 3.05) is 24.3 Å². The van der Waals surface area contributed by atoms with E-state index in [9.17, 15) is 4.79 Å². The van der Waals surface area contributed by atoms with Gasteiger partial charge in [-0.15, -0.1) is 5.10 Å². The zero-order valence-corrected chi connectivity index (χ0v) is 20.6. The maximum Gasteiger partial charge on any atom is 0.227 e. The molecule has 2 heterocycles. The summed E-state index contributed by atoms with van der Waals surface area (Å²) in [5.41, 5.74) is 2.39. The number of carbonyl (C=O) groups excluding carboxylic acids is 1. The lowest BCUT2D eigenvalue weighted by atomic mass is 9.93. The second-order valence-corrected chi connectivity index (χ2v) is 8.89. The number of rotatable bonds is 12. The van der Waals surface area contributed by atoms with Crippen molar-refractivity contribution in [2.45, 2.75) is 71.5 Å². The highest BCUT2D eigenvalue weighted by Gasteiger charge is 2.33. The second-order valence-electron chi connectivity index (χ2n) is 7.83. The number of anilines is 1. The number of hydrogen-bond donors (Lipinski definition) is 1. The molecule has 7 nitrogen and oxygen atoms in total. The van der Waals surface area contributed by atoms with Gasteiger partial charge < -0.3 is 14.8 Å². The van der Waals surface area contributed by atoms with Gasteiger partial charge in [0.2, 0.25) is 11.1 Å². The predicted molar refractivity (Wildman–Crippen MR) is 129 cm³/mol. The number of carbonyl (C=O) groups is 1. The number of nitrogens with one attached hydrogen (secondary N) is 1. The molecule has 8 heteroatoms. The minimum absolute atomic E-state index is 0.00238. The van der Waals surface area contributed by atoms with Crippen LogP contribution in [0.5, 0.6) is 11.5 Å². The summed E-state index contributed by atoms with van der Waals surface area (Å²) in [6.45, 7) is 10.9. The van der Waals surface area contributed by atoms with Crippen molar-refractivity contribution in [2.24, 2.45) is 0 Å². The number of ketones is 1. The van der Waals surface area contributed by atoms with Crippen LogP contribution in [0.3, 0.4) is 0 Å². The Kier molecular flexibility index (Phi) is 8.61. The summed E-state index contributed by atoms with van der Waals surface area (Å²) >= 11 is 1.64. The standard InChI is InChI=1S/C24H34N4O3S/c1-6-9-13-31-19-12-11-18(15-20(19)30-8-3)22-21(17(5)29)16(4)25-23-26-24(27-28(22)23)32-14-10-7-2/h11-12,15,22H,6-10,13-14H2,1-5H3,(H,25,26,27).